The highest BCUT2D eigenvalue weighted by Crippen LogP contribution is 2.13. The van der Waals surface area contributed by atoms with Gasteiger partial charge in [-0.05, 0) is 42.3 Å². The Hall–Kier alpha value is -2.22. The molecule has 2 aromatic carbocycles. The summed E-state index contributed by atoms with van der Waals surface area (Å²) in [4.78, 5) is 4.26. The van der Waals surface area contributed by atoms with E-state index in [2.05, 4.69) is 36.2 Å². The van der Waals surface area contributed by atoms with Crippen molar-refractivity contribution in [1.82, 2.24) is 4.98 Å². The second-order valence-corrected chi connectivity index (χ2v) is 4.18. The largest absolute Gasteiger partial charge is 0.256 e. The SMILES string of the molecule is CCc1ccc2ncccc2c1.Fc1ccccc1. The summed E-state index contributed by atoms with van der Waals surface area (Å²) >= 11 is 0. The monoisotopic (exact) mass is 253 g/mol. The van der Waals surface area contributed by atoms with Gasteiger partial charge < -0.3 is 0 Å². The second-order valence-electron chi connectivity index (χ2n) is 4.18. The molecule has 0 aliphatic carbocycles. The number of rotatable bonds is 1. The van der Waals surface area contributed by atoms with Gasteiger partial charge in [0.15, 0.2) is 0 Å². The summed E-state index contributed by atoms with van der Waals surface area (Å²) in [6.07, 6.45) is 2.92. The number of hydrogen-bond donors (Lipinski definition) is 0. The molecule has 19 heavy (non-hydrogen) atoms. The van der Waals surface area contributed by atoms with Crippen LogP contribution < -0.4 is 0 Å². The molecule has 0 aliphatic rings. The van der Waals surface area contributed by atoms with Crippen LogP contribution in [-0.4, -0.2) is 4.98 Å². The van der Waals surface area contributed by atoms with Crippen LogP contribution in [0.4, 0.5) is 4.39 Å². The molecule has 0 saturated carbocycles. The molecule has 3 aromatic rings. The average Bonchev–Trinajstić information content (AvgIpc) is 2.48. The minimum absolute atomic E-state index is 0.178. The molecule has 0 unspecified atom stereocenters. The highest BCUT2D eigenvalue weighted by Gasteiger charge is 1.93. The van der Waals surface area contributed by atoms with Gasteiger partial charge >= 0.3 is 0 Å². The van der Waals surface area contributed by atoms with E-state index >= 15 is 0 Å². The van der Waals surface area contributed by atoms with E-state index in [9.17, 15) is 4.39 Å². The molecule has 0 aliphatic heterocycles. The molecule has 0 fully saturated rings. The smallest absolute Gasteiger partial charge is 0.123 e. The molecule has 96 valence electrons. The molecule has 0 bridgehead atoms. The van der Waals surface area contributed by atoms with Crippen molar-refractivity contribution in [1.29, 1.82) is 0 Å². The molecular weight excluding hydrogens is 237 g/mol. The number of pyridine rings is 1. The van der Waals surface area contributed by atoms with Crippen molar-refractivity contribution in [2.45, 2.75) is 13.3 Å². The van der Waals surface area contributed by atoms with E-state index in [1.807, 2.05) is 12.3 Å². The van der Waals surface area contributed by atoms with Gasteiger partial charge in [0, 0.05) is 11.6 Å². The minimum atomic E-state index is -0.178. The maximum atomic E-state index is 11.9. The zero-order chi connectivity index (χ0) is 13.5. The molecule has 0 radical (unpaired) electrons. The van der Waals surface area contributed by atoms with Crippen molar-refractivity contribution in [2.24, 2.45) is 0 Å². The summed E-state index contributed by atoms with van der Waals surface area (Å²) in [7, 11) is 0. The van der Waals surface area contributed by atoms with Crippen LogP contribution in [0.25, 0.3) is 10.9 Å². The number of benzene rings is 2. The van der Waals surface area contributed by atoms with Gasteiger partial charge in [-0.2, -0.15) is 0 Å². The van der Waals surface area contributed by atoms with Crippen molar-refractivity contribution in [3.8, 4) is 0 Å². The highest BCUT2D eigenvalue weighted by atomic mass is 19.1. The average molecular weight is 253 g/mol. The van der Waals surface area contributed by atoms with E-state index in [4.69, 9.17) is 0 Å². The highest BCUT2D eigenvalue weighted by molar-refractivity contribution is 5.78. The summed E-state index contributed by atoms with van der Waals surface area (Å²) in [5.74, 6) is -0.178. The first-order chi connectivity index (χ1) is 9.29. The van der Waals surface area contributed by atoms with Crippen LogP contribution in [0.2, 0.25) is 0 Å². The fraction of sp³-hybridized carbons (Fsp3) is 0.118. The number of nitrogens with zero attached hydrogens (tertiary/aromatic N) is 1. The Morgan fingerprint density at radius 1 is 0.947 bits per heavy atom. The quantitative estimate of drug-likeness (QED) is 0.616. The first-order valence-corrected chi connectivity index (χ1v) is 6.34. The molecule has 1 nitrogen and oxygen atoms in total. The molecule has 2 heteroatoms. The molecule has 0 spiro atoms. The van der Waals surface area contributed by atoms with Crippen LogP contribution in [0.5, 0.6) is 0 Å². The lowest BCUT2D eigenvalue weighted by molar-refractivity contribution is 0.628. The van der Waals surface area contributed by atoms with Crippen LogP contribution in [0, 0.1) is 5.82 Å². The summed E-state index contributed by atoms with van der Waals surface area (Å²) in [5, 5.41) is 1.23. The lowest BCUT2D eigenvalue weighted by atomic mass is 10.1. The van der Waals surface area contributed by atoms with E-state index in [0.717, 1.165) is 11.9 Å². The van der Waals surface area contributed by atoms with Crippen LogP contribution >= 0.6 is 0 Å². The standard InChI is InChI=1S/C11H11N.C6H5F/c1-2-9-5-6-11-10(8-9)4-3-7-12-11;7-6-4-2-1-3-5-6/h3-8H,2H2,1H3;1-5H. The fourth-order valence-electron chi connectivity index (χ4n) is 1.76. The van der Waals surface area contributed by atoms with Crippen molar-refractivity contribution in [2.75, 3.05) is 0 Å². The Bertz CT molecular complexity index is 635. The minimum Gasteiger partial charge on any atom is -0.256 e. The molecule has 0 N–H and O–H groups in total. The lowest BCUT2D eigenvalue weighted by Gasteiger charge is -1.98. The van der Waals surface area contributed by atoms with Crippen LogP contribution in [-0.2, 0) is 6.42 Å². The predicted octanol–water partition coefficient (Wildman–Crippen LogP) is 4.62. The first kappa shape index (κ1) is 13.2. The Kier molecular flexibility index (Phi) is 4.62. The molecule has 0 amide bonds. The number of aryl methyl sites for hydroxylation is 1. The van der Waals surface area contributed by atoms with Crippen LogP contribution in [0.1, 0.15) is 12.5 Å². The van der Waals surface area contributed by atoms with E-state index in [0.29, 0.717) is 0 Å². The van der Waals surface area contributed by atoms with Crippen LogP contribution in [0.3, 0.4) is 0 Å². The number of fused-ring (bicyclic) bond motifs is 1. The molecule has 0 atom stereocenters. The van der Waals surface area contributed by atoms with Gasteiger partial charge in [-0.25, -0.2) is 4.39 Å². The maximum absolute atomic E-state index is 11.9. The Morgan fingerprint density at radius 3 is 2.37 bits per heavy atom. The molecule has 1 aromatic heterocycles. The Morgan fingerprint density at radius 2 is 1.74 bits per heavy atom. The van der Waals surface area contributed by atoms with Gasteiger partial charge in [0.2, 0.25) is 0 Å². The summed E-state index contributed by atoms with van der Waals surface area (Å²) in [6, 6.07) is 18.4. The third-order valence-corrected chi connectivity index (χ3v) is 2.81. The summed E-state index contributed by atoms with van der Waals surface area (Å²) < 4.78 is 11.9. The zero-order valence-corrected chi connectivity index (χ0v) is 10.9. The van der Waals surface area contributed by atoms with Gasteiger partial charge in [0.25, 0.3) is 0 Å². The Labute approximate surface area is 112 Å². The van der Waals surface area contributed by atoms with Gasteiger partial charge in [-0.3, -0.25) is 4.98 Å². The molecule has 3 rings (SSSR count). The maximum Gasteiger partial charge on any atom is 0.123 e. The third-order valence-electron chi connectivity index (χ3n) is 2.81. The topological polar surface area (TPSA) is 12.9 Å². The van der Waals surface area contributed by atoms with E-state index in [-0.39, 0.29) is 5.82 Å². The van der Waals surface area contributed by atoms with Crippen molar-refractivity contribution < 1.29 is 4.39 Å². The second kappa shape index (κ2) is 6.64. The number of aromatic nitrogens is 1. The molecule has 0 saturated heterocycles. The van der Waals surface area contributed by atoms with Crippen molar-refractivity contribution >= 4 is 10.9 Å². The van der Waals surface area contributed by atoms with Crippen LogP contribution in [0.15, 0.2) is 66.9 Å². The normalized spacial score (nSPS) is 9.79. The summed E-state index contributed by atoms with van der Waals surface area (Å²) in [6.45, 7) is 2.16. The van der Waals surface area contributed by atoms with E-state index in [1.165, 1.54) is 23.1 Å². The first-order valence-electron chi connectivity index (χ1n) is 6.34. The van der Waals surface area contributed by atoms with Gasteiger partial charge in [-0.15, -0.1) is 0 Å². The van der Waals surface area contributed by atoms with Crippen molar-refractivity contribution in [3.63, 3.8) is 0 Å². The van der Waals surface area contributed by atoms with Crippen molar-refractivity contribution in [3.05, 3.63) is 78.2 Å². The van der Waals surface area contributed by atoms with Gasteiger partial charge in [-0.1, -0.05) is 37.3 Å². The number of hydrogen-bond acceptors (Lipinski definition) is 1. The fourth-order valence-corrected chi connectivity index (χ4v) is 1.76. The molecular formula is C17H16FN. The van der Waals surface area contributed by atoms with E-state index in [1.54, 1.807) is 18.2 Å². The van der Waals surface area contributed by atoms with E-state index < -0.39 is 0 Å². The van der Waals surface area contributed by atoms with Gasteiger partial charge in [0.1, 0.15) is 5.82 Å². The summed E-state index contributed by atoms with van der Waals surface area (Å²) in [5.41, 5.74) is 2.45. The third kappa shape index (κ3) is 3.88. The molecule has 1 heterocycles. The number of halogens is 1. The van der Waals surface area contributed by atoms with Gasteiger partial charge in [0.05, 0.1) is 5.52 Å². The lowest BCUT2D eigenvalue weighted by Crippen LogP contribution is -1.81. The Balaban J connectivity index is 0.000000163. The zero-order valence-electron chi connectivity index (χ0n) is 10.9. The predicted molar refractivity (Wildman–Crippen MR) is 77.5 cm³/mol.